The average molecular weight is 373 g/mol. The van der Waals surface area contributed by atoms with Crippen molar-refractivity contribution in [1.29, 1.82) is 0 Å². The summed E-state index contributed by atoms with van der Waals surface area (Å²) in [5.74, 6) is 3.01. The summed E-state index contributed by atoms with van der Waals surface area (Å²) >= 11 is 0. The summed E-state index contributed by atoms with van der Waals surface area (Å²) in [6.45, 7) is 12.9. The van der Waals surface area contributed by atoms with Gasteiger partial charge in [0, 0.05) is 12.6 Å². The van der Waals surface area contributed by atoms with Gasteiger partial charge in [0.05, 0.1) is 24.4 Å². The lowest BCUT2D eigenvalue weighted by atomic mass is 10.1. The predicted molar refractivity (Wildman–Crippen MR) is 106 cm³/mol. The third-order valence-electron chi connectivity index (χ3n) is 4.89. The third kappa shape index (κ3) is 4.83. The Balaban J connectivity index is 1.75. The molecule has 0 spiro atoms. The highest BCUT2D eigenvalue weighted by Crippen LogP contribution is 2.36. The van der Waals surface area contributed by atoms with Gasteiger partial charge in [0.25, 0.3) is 0 Å². The van der Waals surface area contributed by atoms with Crippen LogP contribution in [0, 0.1) is 0 Å². The van der Waals surface area contributed by atoms with Crippen LogP contribution < -0.4 is 9.47 Å². The standard InChI is InChI=1S/C22H32N2O3/c1-6-25-22-12-17(9-10-20(22)26-16(4)5)14-24-11-7-8-19(24)21-13-18(15(2)3)23-27-21/h9-10,12-13,15-16,19H,6-8,11,14H2,1-5H3/t19-/m1/s1. The number of hydrogen-bond acceptors (Lipinski definition) is 5. The number of ether oxygens (including phenoxy) is 2. The Morgan fingerprint density at radius 2 is 2.00 bits per heavy atom. The molecule has 1 aliphatic rings. The first-order valence-corrected chi connectivity index (χ1v) is 10.1. The van der Waals surface area contributed by atoms with E-state index in [9.17, 15) is 0 Å². The third-order valence-corrected chi connectivity index (χ3v) is 4.89. The van der Waals surface area contributed by atoms with E-state index >= 15 is 0 Å². The van der Waals surface area contributed by atoms with Crippen molar-refractivity contribution in [3.63, 3.8) is 0 Å². The van der Waals surface area contributed by atoms with Crippen molar-refractivity contribution in [2.45, 2.75) is 72.1 Å². The zero-order chi connectivity index (χ0) is 19.4. The first-order chi connectivity index (χ1) is 13.0. The molecule has 0 saturated carbocycles. The molecule has 1 aromatic heterocycles. The van der Waals surface area contributed by atoms with Gasteiger partial charge in [-0.25, -0.2) is 0 Å². The minimum atomic E-state index is 0.125. The number of rotatable bonds is 8. The van der Waals surface area contributed by atoms with Crippen molar-refractivity contribution in [1.82, 2.24) is 10.1 Å². The Morgan fingerprint density at radius 1 is 1.19 bits per heavy atom. The lowest BCUT2D eigenvalue weighted by Crippen LogP contribution is -2.22. The van der Waals surface area contributed by atoms with Crippen molar-refractivity contribution < 1.29 is 14.0 Å². The second-order valence-corrected chi connectivity index (χ2v) is 7.82. The zero-order valence-corrected chi connectivity index (χ0v) is 17.2. The van der Waals surface area contributed by atoms with Crippen LogP contribution in [0.4, 0.5) is 0 Å². The van der Waals surface area contributed by atoms with Gasteiger partial charge in [-0.3, -0.25) is 4.90 Å². The van der Waals surface area contributed by atoms with Crippen LogP contribution in [0.15, 0.2) is 28.8 Å². The van der Waals surface area contributed by atoms with Crippen LogP contribution in [-0.2, 0) is 6.54 Å². The summed E-state index contributed by atoms with van der Waals surface area (Å²) in [5, 5.41) is 4.24. The van der Waals surface area contributed by atoms with Crippen LogP contribution in [0.3, 0.4) is 0 Å². The van der Waals surface area contributed by atoms with E-state index in [0.29, 0.717) is 18.6 Å². The number of nitrogens with zero attached hydrogens (tertiary/aromatic N) is 2. The molecule has 5 heteroatoms. The van der Waals surface area contributed by atoms with Crippen LogP contribution in [0.5, 0.6) is 11.5 Å². The van der Waals surface area contributed by atoms with E-state index in [4.69, 9.17) is 14.0 Å². The fourth-order valence-electron chi connectivity index (χ4n) is 3.58. The first-order valence-electron chi connectivity index (χ1n) is 10.1. The van der Waals surface area contributed by atoms with Gasteiger partial charge in [-0.1, -0.05) is 25.1 Å². The smallest absolute Gasteiger partial charge is 0.161 e. The second-order valence-electron chi connectivity index (χ2n) is 7.82. The normalized spacial score (nSPS) is 17.8. The van der Waals surface area contributed by atoms with Gasteiger partial charge in [0.1, 0.15) is 0 Å². The molecular formula is C22H32N2O3. The molecule has 0 N–H and O–H groups in total. The Kier molecular flexibility index (Phi) is 6.42. The van der Waals surface area contributed by atoms with Gasteiger partial charge >= 0.3 is 0 Å². The zero-order valence-electron chi connectivity index (χ0n) is 17.2. The van der Waals surface area contributed by atoms with E-state index in [2.05, 4.69) is 42.1 Å². The summed E-state index contributed by atoms with van der Waals surface area (Å²) in [4.78, 5) is 2.47. The van der Waals surface area contributed by atoms with E-state index in [1.165, 1.54) is 12.0 Å². The molecule has 0 bridgehead atoms. The fraction of sp³-hybridized carbons (Fsp3) is 0.591. The molecule has 148 valence electrons. The lowest BCUT2D eigenvalue weighted by Gasteiger charge is -2.23. The Bertz CT molecular complexity index is 739. The van der Waals surface area contributed by atoms with Crippen LogP contribution >= 0.6 is 0 Å². The molecule has 5 nitrogen and oxygen atoms in total. The average Bonchev–Trinajstić information content (AvgIpc) is 3.26. The highest BCUT2D eigenvalue weighted by Gasteiger charge is 2.29. The van der Waals surface area contributed by atoms with Crippen molar-refractivity contribution >= 4 is 0 Å². The molecule has 3 rings (SSSR count). The van der Waals surface area contributed by atoms with Gasteiger partial charge in [-0.15, -0.1) is 0 Å². The highest BCUT2D eigenvalue weighted by molar-refractivity contribution is 5.43. The van der Waals surface area contributed by atoms with E-state index < -0.39 is 0 Å². The molecule has 1 saturated heterocycles. The first kappa shape index (κ1) is 19.7. The summed E-state index contributed by atoms with van der Waals surface area (Å²) in [6, 6.07) is 8.69. The maximum Gasteiger partial charge on any atom is 0.161 e. The topological polar surface area (TPSA) is 47.7 Å². The minimum absolute atomic E-state index is 0.125. The minimum Gasteiger partial charge on any atom is -0.490 e. The van der Waals surface area contributed by atoms with E-state index in [1.807, 2.05) is 26.8 Å². The monoisotopic (exact) mass is 372 g/mol. The lowest BCUT2D eigenvalue weighted by molar-refractivity contribution is 0.205. The molecule has 2 heterocycles. The van der Waals surface area contributed by atoms with Crippen LogP contribution in [0.25, 0.3) is 0 Å². The van der Waals surface area contributed by atoms with Gasteiger partial charge in [0.15, 0.2) is 17.3 Å². The largest absolute Gasteiger partial charge is 0.490 e. The van der Waals surface area contributed by atoms with Gasteiger partial charge in [-0.05, 0) is 63.8 Å². The quantitative estimate of drug-likeness (QED) is 0.627. The summed E-state index contributed by atoms with van der Waals surface area (Å²) < 4.78 is 17.4. The molecule has 27 heavy (non-hydrogen) atoms. The fourth-order valence-corrected chi connectivity index (χ4v) is 3.58. The molecule has 0 amide bonds. The highest BCUT2D eigenvalue weighted by atomic mass is 16.5. The molecule has 0 radical (unpaired) electrons. The Labute approximate surface area is 162 Å². The van der Waals surface area contributed by atoms with Crippen molar-refractivity contribution in [3.05, 3.63) is 41.3 Å². The van der Waals surface area contributed by atoms with Crippen LogP contribution in [0.2, 0.25) is 0 Å². The van der Waals surface area contributed by atoms with Gasteiger partial charge in [-0.2, -0.15) is 0 Å². The number of hydrogen-bond donors (Lipinski definition) is 0. The van der Waals surface area contributed by atoms with E-state index in [0.717, 1.165) is 42.5 Å². The molecule has 0 aliphatic carbocycles. The maximum absolute atomic E-state index is 5.88. The van der Waals surface area contributed by atoms with E-state index in [1.54, 1.807) is 0 Å². The number of benzene rings is 1. The molecule has 2 aromatic rings. The van der Waals surface area contributed by atoms with E-state index in [-0.39, 0.29) is 6.10 Å². The molecule has 1 fully saturated rings. The van der Waals surface area contributed by atoms with Crippen LogP contribution in [0.1, 0.15) is 76.4 Å². The van der Waals surface area contributed by atoms with Crippen molar-refractivity contribution in [3.8, 4) is 11.5 Å². The Morgan fingerprint density at radius 3 is 2.67 bits per heavy atom. The van der Waals surface area contributed by atoms with Crippen molar-refractivity contribution in [2.24, 2.45) is 0 Å². The second kappa shape index (κ2) is 8.79. The maximum atomic E-state index is 5.88. The Hall–Kier alpha value is -2.01. The summed E-state index contributed by atoms with van der Waals surface area (Å²) in [6.07, 6.45) is 2.41. The summed E-state index contributed by atoms with van der Waals surface area (Å²) in [7, 11) is 0. The molecule has 1 aliphatic heterocycles. The predicted octanol–water partition coefficient (Wildman–Crippen LogP) is 5.32. The summed E-state index contributed by atoms with van der Waals surface area (Å²) in [5.41, 5.74) is 2.26. The molecule has 0 unspecified atom stereocenters. The number of likely N-dealkylation sites (tertiary alicyclic amines) is 1. The SMILES string of the molecule is CCOc1cc(CN2CCC[C@@H]2c2cc(C(C)C)no2)ccc1OC(C)C. The van der Waals surface area contributed by atoms with Gasteiger partial charge in [0.2, 0.25) is 0 Å². The van der Waals surface area contributed by atoms with Crippen LogP contribution in [-0.4, -0.2) is 29.3 Å². The molecule has 1 aromatic carbocycles. The van der Waals surface area contributed by atoms with Crippen molar-refractivity contribution in [2.75, 3.05) is 13.2 Å². The van der Waals surface area contributed by atoms with Gasteiger partial charge < -0.3 is 14.0 Å². The number of aromatic nitrogens is 1. The molecular weight excluding hydrogens is 340 g/mol. The molecule has 1 atom stereocenters.